The van der Waals surface area contributed by atoms with E-state index in [0.29, 0.717) is 6.54 Å². The van der Waals surface area contributed by atoms with E-state index in [-0.39, 0.29) is 16.9 Å². The Hall–Kier alpha value is -2.37. The summed E-state index contributed by atoms with van der Waals surface area (Å²) in [6.45, 7) is 3.84. The first-order valence-corrected chi connectivity index (χ1v) is 4.42. The second-order valence-electron chi connectivity index (χ2n) is 2.96. The molecule has 0 unspecified atom stereocenters. The molecule has 0 saturated heterocycles. The number of carbonyl (C=O) groups is 1. The predicted molar refractivity (Wildman–Crippen MR) is 58.7 cm³/mol. The predicted octanol–water partition coefficient (Wildman–Crippen LogP) is 1.89. The summed E-state index contributed by atoms with van der Waals surface area (Å²) in [5.74, 6) is -1.20. The quantitative estimate of drug-likeness (QED) is 0.451. The van der Waals surface area contributed by atoms with Gasteiger partial charge in [0.2, 0.25) is 0 Å². The second kappa shape index (κ2) is 4.92. The van der Waals surface area contributed by atoms with Gasteiger partial charge in [0.05, 0.1) is 10.5 Å². The third-order valence-electron chi connectivity index (χ3n) is 1.88. The van der Waals surface area contributed by atoms with Gasteiger partial charge >= 0.3 is 5.97 Å². The maximum absolute atomic E-state index is 10.7. The first kappa shape index (κ1) is 11.7. The molecule has 84 valence electrons. The summed E-state index contributed by atoms with van der Waals surface area (Å²) in [4.78, 5) is 20.7. The van der Waals surface area contributed by atoms with E-state index >= 15 is 0 Å². The molecule has 6 nitrogen and oxygen atoms in total. The lowest BCUT2D eigenvalue weighted by atomic mass is 10.1. The number of hydrogen-bond acceptors (Lipinski definition) is 4. The monoisotopic (exact) mass is 222 g/mol. The Morgan fingerprint density at radius 3 is 2.81 bits per heavy atom. The lowest BCUT2D eigenvalue weighted by Crippen LogP contribution is -2.04. The Labute approximate surface area is 91.4 Å². The number of benzene rings is 1. The number of rotatable bonds is 5. The molecule has 1 aromatic rings. The number of nitro benzene ring substituents is 1. The van der Waals surface area contributed by atoms with E-state index < -0.39 is 10.9 Å². The summed E-state index contributed by atoms with van der Waals surface area (Å²) in [6.07, 6.45) is 1.55. The maximum Gasteiger partial charge on any atom is 0.335 e. The van der Waals surface area contributed by atoms with Gasteiger partial charge in [-0.25, -0.2) is 4.79 Å². The van der Waals surface area contributed by atoms with Crippen LogP contribution < -0.4 is 5.32 Å². The van der Waals surface area contributed by atoms with E-state index in [0.717, 1.165) is 6.07 Å². The highest BCUT2D eigenvalue weighted by Gasteiger charge is 2.16. The first-order chi connectivity index (χ1) is 7.56. The van der Waals surface area contributed by atoms with Crippen molar-refractivity contribution in [1.82, 2.24) is 0 Å². The molecule has 0 atom stereocenters. The van der Waals surface area contributed by atoms with Crippen LogP contribution in [0.15, 0.2) is 30.9 Å². The van der Waals surface area contributed by atoms with Gasteiger partial charge in [0.15, 0.2) is 0 Å². The SMILES string of the molecule is C=CCNc1ccc(C(=O)O)cc1[N+](=O)[O-]. The molecule has 0 amide bonds. The molecule has 0 saturated carbocycles. The van der Waals surface area contributed by atoms with E-state index in [9.17, 15) is 14.9 Å². The summed E-state index contributed by atoms with van der Waals surface area (Å²) >= 11 is 0. The molecule has 0 aliphatic carbocycles. The van der Waals surface area contributed by atoms with Crippen LogP contribution in [0.4, 0.5) is 11.4 Å². The van der Waals surface area contributed by atoms with Gasteiger partial charge in [-0.3, -0.25) is 10.1 Å². The van der Waals surface area contributed by atoms with Crippen molar-refractivity contribution in [3.8, 4) is 0 Å². The minimum Gasteiger partial charge on any atom is -0.478 e. The van der Waals surface area contributed by atoms with Gasteiger partial charge in [-0.2, -0.15) is 0 Å². The van der Waals surface area contributed by atoms with Gasteiger partial charge in [0.25, 0.3) is 5.69 Å². The summed E-state index contributed by atoms with van der Waals surface area (Å²) < 4.78 is 0. The Balaban J connectivity index is 3.13. The smallest absolute Gasteiger partial charge is 0.335 e. The summed E-state index contributed by atoms with van der Waals surface area (Å²) in [6, 6.07) is 3.69. The van der Waals surface area contributed by atoms with Crippen molar-refractivity contribution in [1.29, 1.82) is 0 Å². The Kier molecular flexibility index (Phi) is 3.60. The molecule has 1 rings (SSSR count). The topological polar surface area (TPSA) is 92.5 Å². The fourth-order valence-electron chi connectivity index (χ4n) is 1.15. The highest BCUT2D eigenvalue weighted by atomic mass is 16.6. The van der Waals surface area contributed by atoms with Crippen LogP contribution in [0.2, 0.25) is 0 Å². The molecule has 0 radical (unpaired) electrons. The molecule has 0 aromatic heterocycles. The van der Waals surface area contributed by atoms with E-state index in [1.807, 2.05) is 0 Å². The zero-order chi connectivity index (χ0) is 12.1. The van der Waals surface area contributed by atoms with Crippen molar-refractivity contribution >= 4 is 17.3 Å². The average molecular weight is 222 g/mol. The number of nitrogens with one attached hydrogen (secondary N) is 1. The van der Waals surface area contributed by atoms with Crippen molar-refractivity contribution < 1.29 is 14.8 Å². The fraction of sp³-hybridized carbons (Fsp3) is 0.100. The molecule has 2 N–H and O–H groups in total. The molecule has 1 aromatic carbocycles. The molecule has 0 heterocycles. The zero-order valence-electron chi connectivity index (χ0n) is 8.34. The zero-order valence-corrected chi connectivity index (χ0v) is 8.34. The minimum atomic E-state index is -1.20. The van der Waals surface area contributed by atoms with Crippen LogP contribution in [0.5, 0.6) is 0 Å². The number of nitro groups is 1. The average Bonchev–Trinajstić information content (AvgIpc) is 2.25. The van der Waals surface area contributed by atoms with Gasteiger partial charge < -0.3 is 10.4 Å². The fourth-order valence-corrected chi connectivity index (χ4v) is 1.15. The Bertz CT molecular complexity index is 442. The largest absolute Gasteiger partial charge is 0.478 e. The molecule has 0 aliphatic rings. The van der Waals surface area contributed by atoms with Crippen molar-refractivity contribution in [2.75, 3.05) is 11.9 Å². The number of hydrogen-bond donors (Lipinski definition) is 2. The highest BCUT2D eigenvalue weighted by Crippen LogP contribution is 2.25. The van der Waals surface area contributed by atoms with Crippen molar-refractivity contribution in [2.45, 2.75) is 0 Å². The minimum absolute atomic E-state index is 0.115. The van der Waals surface area contributed by atoms with Gasteiger partial charge in [0.1, 0.15) is 5.69 Å². The first-order valence-electron chi connectivity index (χ1n) is 4.42. The summed E-state index contributed by atoms with van der Waals surface area (Å²) in [5.41, 5.74) is -0.104. The summed E-state index contributed by atoms with van der Waals surface area (Å²) in [5, 5.41) is 22.2. The van der Waals surface area contributed by atoms with E-state index in [4.69, 9.17) is 5.11 Å². The number of anilines is 1. The van der Waals surface area contributed by atoms with Crippen molar-refractivity contribution in [2.24, 2.45) is 0 Å². The molecule has 0 spiro atoms. The van der Waals surface area contributed by atoms with Crippen LogP contribution in [-0.2, 0) is 0 Å². The molecule has 0 fully saturated rings. The molecule has 0 aliphatic heterocycles. The number of aromatic carboxylic acids is 1. The van der Waals surface area contributed by atoms with E-state index in [1.54, 1.807) is 6.08 Å². The highest BCUT2D eigenvalue weighted by molar-refractivity contribution is 5.89. The Morgan fingerprint density at radius 1 is 1.62 bits per heavy atom. The molecular formula is C10H10N2O4. The van der Waals surface area contributed by atoms with Gasteiger partial charge in [0, 0.05) is 12.6 Å². The Morgan fingerprint density at radius 2 is 2.31 bits per heavy atom. The van der Waals surface area contributed by atoms with Gasteiger partial charge in [-0.1, -0.05) is 6.08 Å². The number of nitrogens with zero attached hydrogens (tertiary/aromatic N) is 1. The molecule has 0 bridgehead atoms. The van der Waals surface area contributed by atoms with Crippen LogP contribution in [0.3, 0.4) is 0 Å². The van der Waals surface area contributed by atoms with Crippen LogP contribution in [-0.4, -0.2) is 22.5 Å². The van der Waals surface area contributed by atoms with E-state index in [2.05, 4.69) is 11.9 Å². The summed E-state index contributed by atoms with van der Waals surface area (Å²) in [7, 11) is 0. The van der Waals surface area contributed by atoms with Crippen LogP contribution in [0.25, 0.3) is 0 Å². The van der Waals surface area contributed by atoms with Crippen LogP contribution in [0.1, 0.15) is 10.4 Å². The maximum atomic E-state index is 10.7. The van der Waals surface area contributed by atoms with Crippen molar-refractivity contribution in [3.63, 3.8) is 0 Å². The third-order valence-corrected chi connectivity index (χ3v) is 1.88. The lowest BCUT2D eigenvalue weighted by molar-refractivity contribution is -0.384. The van der Waals surface area contributed by atoms with Gasteiger partial charge in [-0.05, 0) is 12.1 Å². The van der Waals surface area contributed by atoms with E-state index in [1.165, 1.54) is 12.1 Å². The molecular weight excluding hydrogens is 212 g/mol. The normalized spacial score (nSPS) is 9.50. The second-order valence-corrected chi connectivity index (χ2v) is 2.96. The molecule has 6 heteroatoms. The van der Waals surface area contributed by atoms with Crippen LogP contribution in [0, 0.1) is 10.1 Å². The van der Waals surface area contributed by atoms with Crippen LogP contribution >= 0.6 is 0 Å². The third kappa shape index (κ3) is 2.57. The lowest BCUT2D eigenvalue weighted by Gasteiger charge is -2.04. The van der Waals surface area contributed by atoms with Crippen molar-refractivity contribution in [3.05, 3.63) is 46.5 Å². The van der Waals surface area contributed by atoms with Gasteiger partial charge in [-0.15, -0.1) is 6.58 Å². The standard InChI is InChI=1S/C10H10N2O4/c1-2-5-11-8-4-3-7(10(13)14)6-9(8)12(15)16/h2-4,6,11H,1,5H2,(H,13,14). The number of carboxylic acids is 1. The number of carboxylic acid groups (broad SMARTS) is 1. The molecule has 16 heavy (non-hydrogen) atoms.